The first-order valence-electron chi connectivity index (χ1n) is 5.52. The number of carbonyl (C=O) groups is 1. The fourth-order valence-corrected chi connectivity index (χ4v) is 1.54. The Morgan fingerprint density at radius 3 is 2.47 bits per heavy atom. The molecule has 0 radical (unpaired) electrons. The van der Waals surface area contributed by atoms with Crippen LogP contribution in [0.15, 0.2) is 12.2 Å². The van der Waals surface area contributed by atoms with Crippen molar-refractivity contribution >= 4 is 14.0 Å². The number of esters is 1. The maximum Gasteiger partial charge on any atom is 0.511 e. The lowest BCUT2D eigenvalue weighted by Crippen LogP contribution is -2.37. The van der Waals surface area contributed by atoms with Crippen LogP contribution in [0.3, 0.4) is 0 Å². The minimum atomic E-state index is -1.73. The first-order chi connectivity index (χ1) is 7.85. The first-order valence-corrected chi connectivity index (χ1v) is 6.89. The van der Waals surface area contributed by atoms with Gasteiger partial charge in [-0.2, -0.15) is 0 Å². The molecule has 0 aromatic heterocycles. The molecule has 0 aromatic carbocycles. The number of rotatable bonds is 8. The van der Waals surface area contributed by atoms with Crippen molar-refractivity contribution < 1.29 is 23.1 Å². The molecule has 0 N–H and O–H groups in total. The van der Waals surface area contributed by atoms with Crippen LogP contribution in [0.25, 0.3) is 0 Å². The van der Waals surface area contributed by atoms with Gasteiger partial charge in [0.2, 0.25) is 6.16 Å². The lowest BCUT2D eigenvalue weighted by atomic mass is 10.5. The van der Waals surface area contributed by atoms with Crippen molar-refractivity contribution in [2.24, 2.45) is 0 Å². The average Bonchev–Trinajstić information content (AvgIpc) is 2.16. The van der Waals surface area contributed by atoms with Gasteiger partial charge in [-0.1, -0.05) is 6.08 Å². The highest BCUT2D eigenvalue weighted by atomic mass is 31.1. The van der Waals surface area contributed by atoms with Crippen LogP contribution in [-0.2, 0) is 18.6 Å². The van der Waals surface area contributed by atoms with Gasteiger partial charge in [-0.05, 0) is 11.5 Å². The normalized spacial score (nSPS) is 12.8. The molecular weight excluding hydrogens is 241 g/mol. The van der Waals surface area contributed by atoms with Crippen molar-refractivity contribution in [3.63, 3.8) is 0 Å². The number of likely N-dealkylation sites (N-methyl/N-ethyl adjacent to an activating group) is 1. The van der Waals surface area contributed by atoms with E-state index in [1.807, 2.05) is 21.1 Å². The third kappa shape index (κ3) is 11.5. The summed E-state index contributed by atoms with van der Waals surface area (Å²) in [5.74, 6) is -0.415. The second-order valence-electron chi connectivity index (χ2n) is 4.57. The van der Waals surface area contributed by atoms with E-state index >= 15 is 0 Å². The van der Waals surface area contributed by atoms with E-state index in [9.17, 15) is 9.36 Å². The van der Waals surface area contributed by atoms with Crippen molar-refractivity contribution in [2.75, 3.05) is 47.1 Å². The maximum absolute atomic E-state index is 11.4. The molecule has 1 atom stereocenters. The molecule has 0 aromatic rings. The number of ether oxygens (including phenoxy) is 1. The number of carbonyl (C=O) groups excluding carboxylic acids is 1. The zero-order chi connectivity index (χ0) is 13.3. The SMILES string of the molecule is CC=CC(=O)OCC[P+](=O)OCC[N+](C)(C)C. The predicted octanol–water partition coefficient (Wildman–Crippen LogP) is 1.57. The Balaban J connectivity index is 3.57. The molecule has 5 nitrogen and oxygen atoms in total. The molecule has 1 unspecified atom stereocenters. The summed E-state index contributed by atoms with van der Waals surface area (Å²) in [4.78, 5) is 10.9. The fraction of sp³-hybridized carbons (Fsp3) is 0.727. The molecule has 0 amide bonds. The molecule has 0 bridgehead atoms. The van der Waals surface area contributed by atoms with Gasteiger partial charge in [-0.3, -0.25) is 0 Å². The second kappa shape index (κ2) is 8.34. The lowest BCUT2D eigenvalue weighted by molar-refractivity contribution is -0.870. The van der Waals surface area contributed by atoms with Crippen LogP contribution >= 0.6 is 8.03 Å². The van der Waals surface area contributed by atoms with Crippen LogP contribution in [0.2, 0.25) is 0 Å². The second-order valence-corrected chi connectivity index (χ2v) is 5.94. The molecule has 0 saturated heterocycles. The van der Waals surface area contributed by atoms with Crippen molar-refractivity contribution in [1.82, 2.24) is 0 Å². The monoisotopic (exact) mass is 263 g/mol. The highest BCUT2D eigenvalue weighted by Gasteiger charge is 2.19. The van der Waals surface area contributed by atoms with Gasteiger partial charge in [0.25, 0.3) is 0 Å². The molecule has 98 valence electrons. The molecule has 0 aliphatic carbocycles. The Labute approximate surface area is 104 Å². The minimum absolute atomic E-state index is 0.128. The Kier molecular flexibility index (Phi) is 7.96. The van der Waals surface area contributed by atoms with Gasteiger partial charge in [-0.25, -0.2) is 4.79 Å². The van der Waals surface area contributed by atoms with Crippen LogP contribution in [0.4, 0.5) is 0 Å². The Morgan fingerprint density at radius 1 is 1.29 bits per heavy atom. The van der Waals surface area contributed by atoms with Crippen molar-refractivity contribution in [1.29, 1.82) is 0 Å². The van der Waals surface area contributed by atoms with E-state index in [1.165, 1.54) is 6.08 Å². The predicted molar refractivity (Wildman–Crippen MR) is 67.1 cm³/mol. The molecular formula is C11H22NO4P+2. The zero-order valence-corrected chi connectivity index (χ0v) is 11.9. The summed E-state index contributed by atoms with van der Waals surface area (Å²) in [6, 6.07) is 0. The highest BCUT2D eigenvalue weighted by molar-refractivity contribution is 7.39. The third-order valence-electron chi connectivity index (χ3n) is 1.82. The molecule has 17 heavy (non-hydrogen) atoms. The van der Waals surface area contributed by atoms with E-state index in [0.717, 1.165) is 11.0 Å². The summed E-state index contributed by atoms with van der Waals surface area (Å²) in [5.41, 5.74) is 0. The van der Waals surface area contributed by atoms with Crippen LogP contribution in [0.5, 0.6) is 0 Å². The molecule has 0 heterocycles. The minimum Gasteiger partial charge on any atom is -0.458 e. The average molecular weight is 263 g/mol. The summed E-state index contributed by atoms with van der Waals surface area (Å²) in [6.07, 6.45) is 3.17. The van der Waals surface area contributed by atoms with Crippen LogP contribution in [0.1, 0.15) is 6.92 Å². The van der Waals surface area contributed by atoms with Crippen molar-refractivity contribution in [3.8, 4) is 0 Å². The van der Waals surface area contributed by atoms with Gasteiger partial charge < -0.3 is 9.22 Å². The molecule has 6 heteroatoms. The van der Waals surface area contributed by atoms with Gasteiger partial charge in [0.15, 0.2) is 6.61 Å². The van der Waals surface area contributed by atoms with E-state index in [4.69, 9.17) is 9.26 Å². The van der Waals surface area contributed by atoms with E-state index in [-0.39, 0.29) is 12.8 Å². The van der Waals surface area contributed by atoms with E-state index < -0.39 is 14.0 Å². The molecule has 0 fully saturated rings. The first kappa shape index (κ1) is 16.2. The molecule has 0 aliphatic heterocycles. The lowest BCUT2D eigenvalue weighted by Gasteiger charge is -2.21. The fourth-order valence-electron chi connectivity index (χ4n) is 0.886. The number of allylic oxidation sites excluding steroid dienone is 1. The summed E-state index contributed by atoms with van der Waals surface area (Å²) < 4.78 is 22.1. The van der Waals surface area contributed by atoms with Gasteiger partial charge in [0.1, 0.15) is 13.2 Å². The van der Waals surface area contributed by atoms with Crippen LogP contribution in [0, 0.1) is 0 Å². The van der Waals surface area contributed by atoms with Crippen molar-refractivity contribution in [2.45, 2.75) is 6.92 Å². The summed E-state index contributed by atoms with van der Waals surface area (Å²) >= 11 is 0. The molecule has 0 spiro atoms. The van der Waals surface area contributed by atoms with Gasteiger partial charge in [0.05, 0.1) is 21.1 Å². The van der Waals surface area contributed by atoms with E-state index in [2.05, 4.69) is 0 Å². The van der Waals surface area contributed by atoms with E-state index in [1.54, 1.807) is 13.0 Å². The quantitative estimate of drug-likeness (QED) is 0.289. The summed E-state index contributed by atoms with van der Waals surface area (Å²) in [5, 5.41) is 0. The van der Waals surface area contributed by atoms with Gasteiger partial charge in [0, 0.05) is 6.08 Å². The number of quaternary nitrogens is 1. The van der Waals surface area contributed by atoms with Crippen LogP contribution in [-0.4, -0.2) is 57.5 Å². The largest absolute Gasteiger partial charge is 0.511 e. The van der Waals surface area contributed by atoms with Gasteiger partial charge in [-0.15, -0.1) is 4.52 Å². The molecule has 0 aliphatic rings. The summed E-state index contributed by atoms with van der Waals surface area (Å²) in [7, 11) is 4.38. The van der Waals surface area contributed by atoms with E-state index in [0.29, 0.717) is 6.61 Å². The number of nitrogens with zero attached hydrogens (tertiary/aromatic N) is 1. The number of hydrogen-bond donors (Lipinski definition) is 0. The topological polar surface area (TPSA) is 52.6 Å². The standard InChI is InChI=1S/C11H22NO4P/c1-5-6-11(13)15-9-10-17(14)16-8-7-12(2,3)4/h5-6H,7-10H2,1-4H3/q+2. The molecule has 0 rings (SSSR count). The number of hydrogen-bond acceptors (Lipinski definition) is 4. The maximum atomic E-state index is 11.4. The Hall–Kier alpha value is -0.770. The smallest absolute Gasteiger partial charge is 0.458 e. The zero-order valence-electron chi connectivity index (χ0n) is 11.0. The van der Waals surface area contributed by atoms with Crippen LogP contribution < -0.4 is 0 Å². The van der Waals surface area contributed by atoms with Crippen molar-refractivity contribution in [3.05, 3.63) is 12.2 Å². The highest BCUT2D eigenvalue weighted by Crippen LogP contribution is 2.21. The third-order valence-corrected chi connectivity index (χ3v) is 2.84. The molecule has 0 saturated carbocycles. The Bertz CT molecular complexity index is 284. The Morgan fingerprint density at radius 2 is 1.94 bits per heavy atom. The van der Waals surface area contributed by atoms with Gasteiger partial charge >= 0.3 is 14.0 Å². The summed E-state index contributed by atoms with van der Waals surface area (Å²) in [6.45, 7) is 3.10.